The minimum atomic E-state index is -1.54. The van der Waals surface area contributed by atoms with Gasteiger partial charge in [0.25, 0.3) is 0 Å². The Bertz CT molecular complexity index is 590. The summed E-state index contributed by atoms with van der Waals surface area (Å²) in [6.45, 7) is 17.0. The fourth-order valence-corrected chi connectivity index (χ4v) is 7.24. The molecule has 2 heteroatoms. The van der Waals surface area contributed by atoms with Crippen LogP contribution >= 0.6 is 0 Å². The van der Waals surface area contributed by atoms with Crippen LogP contribution < -0.4 is 0 Å². The van der Waals surface area contributed by atoms with Crippen molar-refractivity contribution in [2.45, 2.75) is 71.0 Å². The van der Waals surface area contributed by atoms with Gasteiger partial charge in [-0.2, -0.15) is 0 Å². The summed E-state index contributed by atoms with van der Waals surface area (Å²) in [7, 11) is -1.54. The summed E-state index contributed by atoms with van der Waals surface area (Å²) in [5.74, 6) is 10.6. The smallest absolute Gasteiger partial charge is 0.191 e. The van der Waals surface area contributed by atoms with Crippen molar-refractivity contribution in [3.63, 3.8) is 0 Å². The zero-order valence-electron chi connectivity index (χ0n) is 17.7. The second kappa shape index (κ2) is 5.72. The Morgan fingerprint density at radius 1 is 0.808 bits per heavy atom. The molecule has 0 aromatic rings. The highest BCUT2D eigenvalue weighted by molar-refractivity contribution is 6.74. The van der Waals surface area contributed by atoms with Crippen molar-refractivity contribution in [1.82, 2.24) is 0 Å². The molecule has 0 spiro atoms. The standard InChI is InChI=1S/C24H40OSi/c1-7-14-8-16(14)18-10-20(18)22-12-23(22)21-11-19(21)17-9-15(17)13-25-26(5,6)24(2,3)4/h7,14-23H,1,8-13H2,2-6H3/t14-,15+,16-,17-,18+,19+,20-,21-,22+,23+/m1/s1. The molecule has 5 aliphatic carbocycles. The molecule has 0 radical (unpaired) electrons. The van der Waals surface area contributed by atoms with Gasteiger partial charge in [-0.15, -0.1) is 6.58 Å². The SMILES string of the molecule is C=C[C@@H]1C[C@H]1[C@@H]1C[C@H]1[C@@H]1C[C@H]1[C@@H]1C[C@H]1[C@@H]1C[C@H]1CO[Si](C)(C)C(C)(C)C. The molecular weight excluding hydrogens is 332 g/mol. The van der Waals surface area contributed by atoms with E-state index in [1.807, 2.05) is 0 Å². The van der Waals surface area contributed by atoms with Crippen molar-refractivity contribution >= 4 is 8.32 Å². The summed E-state index contributed by atoms with van der Waals surface area (Å²) in [5, 5.41) is 0.355. The molecule has 0 N–H and O–H groups in total. The summed E-state index contributed by atoms with van der Waals surface area (Å²) in [4.78, 5) is 0. The maximum Gasteiger partial charge on any atom is 0.191 e. The van der Waals surface area contributed by atoms with Crippen LogP contribution in [0.25, 0.3) is 0 Å². The number of hydrogen-bond acceptors (Lipinski definition) is 1. The van der Waals surface area contributed by atoms with Gasteiger partial charge in [-0.25, -0.2) is 0 Å². The van der Waals surface area contributed by atoms with Gasteiger partial charge in [-0.05, 0) is 109 Å². The Balaban J connectivity index is 1.03. The minimum Gasteiger partial charge on any atom is -0.417 e. The summed E-state index contributed by atoms with van der Waals surface area (Å²) in [6, 6.07) is 0. The van der Waals surface area contributed by atoms with Gasteiger partial charge in [0.05, 0.1) is 0 Å². The molecule has 0 aromatic carbocycles. The molecule has 5 aliphatic rings. The monoisotopic (exact) mass is 372 g/mol. The van der Waals surface area contributed by atoms with E-state index in [9.17, 15) is 0 Å². The molecule has 0 aliphatic heterocycles. The Morgan fingerprint density at radius 3 is 1.77 bits per heavy atom. The van der Waals surface area contributed by atoms with Gasteiger partial charge in [-0.1, -0.05) is 26.8 Å². The van der Waals surface area contributed by atoms with E-state index < -0.39 is 8.32 Å². The summed E-state index contributed by atoms with van der Waals surface area (Å²) in [5.41, 5.74) is 0. The summed E-state index contributed by atoms with van der Waals surface area (Å²) < 4.78 is 6.51. The van der Waals surface area contributed by atoms with Crippen LogP contribution in [0.1, 0.15) is 52.9 Å². The van der Waals surface area contributed by atoms with Gasteiger partial charge in [0.1, 0.15) is 0 Å². The fraction of sp³-hybridized carbons (Fsp3) is 0.917. The van der Waals surface area contributed by atoms with Gasteiger partial charge < -0.3 is 4.43 Å². The van der Waals surface area contributed by atoms with Gasteiger partial charge >= 0.3 is 0 Å². The Kier molecular flexibility index (Phi) is 3.96. The predicted octanol–water partition coefficient (Wildman–Crippen LogP) is 6.37. The molecule has 26 heavy (non-hydrogen) atoms. The second-order valence-corrected chi connectivity index (χ2v) is 17.0. The number of hydrogen-bond donors (Lipinski definition) is 0. The molecule has 0 heterocycles. The second-order valence-electron chi connectivity index (χ2n) is 12.2. The van der Waals surface area contributed by atoms with Crippen LogP contribution in [0.15, 0.2) is 12.7 Å². The van der Waals surface area contributed by atoms with Crippen LogP contribution in [0, 0.1) is 59.2 Å². The summed E-state index contributed by atoms with van der Waals surface area (Å²) >= 11 is 0. The predicted molar refractivity (Wildman–Crippen MR) is 111 cm³/mol. The lowest BCUT2D eigenvalue weighted by Gasteiger charge is -2.36. The van der Waals surface area contributed by atoms with Crippen molar-refractivity contribution in [1.29, 1.82) is 0 Å². The quantitative estimate of drug-likeness (QED) is 0.355. The lowest BCUT2D eigenvalue weighted by molar-refractivity contribution is 0.261. The maximum atomic E-state index is 6.51. The average molecular weight is 373 g/mol. The molecule has 0 bridgehead atoms. The highest BCUT2D eigenvalue weighted by atomic mass is 28.4. The first-order chi connectivity index (χ1) is 12.2. The molecule has 0 aromatic heterocycles. The van der Waals surface area contributed by atoms with Crippen molar-refractivity contribution in [2.24, 2.45) is 59.2 Å². The van der Waals surface area contributed by atoms with Gasteiger partial charge in [-0.3, -0.25) is 0 Å². The third kappa shape index (κ3) is 3.17. The van der Waals surface area contributed by atoms with Crippen LogP contribution in [0.2, 0.25) is 18.1 Å². The number of rotatable bonds is 8. The molecule has 10 atom stereocenters. The van der Waals surface area contributed by atoms with Crippen LogP contribution in [-0.4, -0.2) is 14.9 Å². The topological polar surface area (TPSA) is 9.23 Å². The first-order valence-electron chi connectivity index (χ1n) is 11.5. The average Bonchev–Trinajstić information content (AvgIpc) is 3.33. The fourth-order valence-electron chi connectivity index (χ4n) is 6.18. The Labute approximate surface area is 162 Å². The zero-order chi connectivity index (χ0) is 18.4. The van der Waals surface area contributed by atoms with E-state index in [1.165, 1.54) is 12.8 Å². The van der Waals surface area contributed by atoms with Crippen LogP contribution in [0.4, 0.5) is 0 Å². The number of allylic oxidation sites excluding steroid dienone is 1. The molecule has 0 saturated heterocycles. The molecular formula is C24H40OSi. The zero-order valence-corrected chi connectivity index (χ0v) is 18.7. The summed E-state index contributed by atoms with van der Waals surface area (Å²) in [6.07, 6.45) is 9.89. The molecule has 5 fully saturated rings. The van der Waals surface area contributed by atoms with E-state index in [1.54, 1.807) is 19.3 Å². The van der Waals surface area contributed by atoms with Gasteiger partial charge in [0, 0.05) is 6.61 Å². The lowest BCUT2D eigenvalue weighted by Crippen LogP contribution is -2.41. The highest BCUT2D eigenvalue weighted by Crippen LogP contribution is 2.72. The van der Waals surface area contributed by atoms with Gasteiger partial charge in [0.2, 0.25) is 0 Å². The molecule has 0 amide bonds. The molecule has 5 saturated carbocycles. The van der Waals surface area contributed by atoms with Crippen LogP contribution in [0.3, 0.4) is 0 Å². The van der Waals surface area contributed by atoms with E-state index in [-0.39, 0.29) is 0 Å². The van der Waals surface area contributed by atoms with Crippen LogP contribution in [0.5, 0.6) is 0 Å². The first-order valence-corrected chi connectivity index (χ1v) is 14.4. The van der Waals surface area contributed by atoms with E-state index in [0.29, 0.717) is 5.04 Å². The third-order valence-electron chi connectivity index (χ3n) is 9.51. The van der Waals surface area contributed by atoms with Crippen molar-refractivity contribution in [3.05, 3.63) is 12.7 Å². The van der Waals surface area contributed by atoms with E-state index in [4.69, 9.17) is 4.43 Å². The van der Waals surface area contributed by atoms with Gasteiger partial charge in [0.15, 0.2) is 8.32 Å². The molecule has 0 unspecified atom stereocenters. The van der Waals surface area contributed by atoms with Crippen molar-refractivity contribution in [3.8, 4) is 0 Å². The van der Waals surface area contributed by atoms with E-state index in [2.05, 4.69) is 46.5 Å². The normalized spacial score (nSPS) is 51.7. The van der Waals surface area contributed by atoms with Crippen molar-refractivity contribution < 1.29 is 4.43 Å². The first kappa shape index (κ1) is 18.0. The largest absolute Gasteiger partial charge is 0.417 e. The highest BCUT2D eigenvalue weighted by Gasteiger charge is 2.65. The Hall–Kier alpha value is -0.0831. The van der Waals surface area contributed by atoms with E-state index >= 15 is 0 Å². The lowest BCUT2D eigenvalue weighted by atomic mass is 10.1. The Morgan fingerprint density at radius 2 is 1.31 bits per heavy atom. The third-order valence-corrected chi connectivity index (χ3v) is 14.0. The van der Waals surface area contributed by atoms with Crippen LogP contribution in [-0.2, 0) is 4.43 Å². The van der Waals surface area contributed by atoms with Crippen molar-refractivity contribution in [2.75, 3.05) is 6.61 Å². The molecule has 5 rings (SSSR count). The minimum absolute atomic E-state index is 0.355. The maximum absolute atomic E-state index is 6.51. The van der Waals surface area contributed by atoms with E-state index in [0.717, 1.165) is 65.8 Å². The molecule has 146 valence electrons. The molecule has 1 nitrogen and oxygen atoms in total.